The van der Waals surface area contributed by atoms with E-state index in [9.17, 15) is 8.42 Å². The van der Waals surface area contributed by atoms with Gasteiger partial charge in [0.2, 0.25) is 10.0 Å². The first-order valence-corrected chi connectivity index (χ1v) is 11.9. The van der Waals surface area contributed by atoms with Gasteiger partial charge in [-0.15, -0.1) is 24.0 Å². The zero-order chi connectivity index (χ0) is 20.6. The van der Waals surface area contributed by atoms with Gasteiger partial charge in [-0.3, -0.25) is 9.89 Å². The third-order valence-electron chi connectivity index (χ3n) is 4.62. The average molecular weight is 538 g/mol. The summed E-state index contributed by atoms with van der Waals surface area (Å²) in [4.78, 5) is 7.09. The van der Waals surface area contributed by atoms with Crippen molar-refractivity contribution in [3.05, 3.63) is 35.9 Å². The second-order valence-corrected chi connectivity index (χ2v) is 9.88. The smallest absolute Gasteiger partial charge is 0.209 e. The van der Waals surface area contributed by atoms with E-state index < -0.39 is 15.6 Å². The number of nitrogens with zero attached hydrogens (tertiary/aromatic N) is 2. The number of likely N-dealkylation sites (tertiary alicyclic amines) is 1. The summed E-state index contributed by atoms with van der Waals surface area (Å²) in [6.45, 7) is 9.92. The van der Waals surface area contributed by atoms with Crippen molar-refractivity contribution < 1.29 is 8.42 Å². The van der Waals surface area contributed by atoms with E-state index in [0.717, 1.165) is 45.0 Å². The van der Waals surface area contributed by atoms with Crippen LogP contribution in [0.1, 0.15) is 39.2 Å². The number of rotatable bonds is 8. The highest BCUT2D eigenvalue weighted by molar-refractivity contribution is 14.0. The number of benzene rings is 1. The Morgan fingerprint density at radius 1 is 1.21 bits per heavy atom. The molecule has 0 atom stereocenters. The monoisotopic (exact) mass is 537 g/mol. The molecule has 29 heavy (non-hydrogen) atoms. The number of guanidine groups is 1. The molecule has 1 fully saturated rings. The lowest BCUT2D eigenvalue weighted by molar-refractivity contribution is 0.198. The molecule has 1 aliphatic rings. The number of halogens is 1. The lowest BCUT2D eigenvalue weighted by atomic mass is 10.0. The highest BCUT2D eigenvalue weighted by Crippen LogP contribution is 2.14. The van der Waals surface area contributed by atoms with Crippen LogP contribution in [0.25, 0.3) is 0 Å². The van der Waals surface area contributed by atoms with Gasteiger partial charge in [0.25, 0.3) is 0 Å². The molecule has 0 spiro atoms. The Hall–Kier alpha value is -0.910. The summed E-state index contributed by atoms with van der Waals surface area (Å²) in [5.74, 6) is 0.743. The van der Waals surface area contributed by atoms with Gasteiger partial charge in [0, 0.05) is 37.8 Å². The molecule has 1 aromatic rings. The predicted octanol–water partition coefficient (Wildman–Crippen LogP) is 2.15. The number of aliphatic imine (C=N–C) groups is 1. The number of nitrogens with one attached hydrogen (secondary N) is 3. The summed E-state index contributed by atoms with van der Waals surface area (Å²) in [5.41, 5.74) is 0.721. The van der Waals surface area contributed by atoms with Crippen LogP contribution in [0.2, 0.25) is 0 Å². The van der Waals surface area contributed by atoms with Gasteiger partial charge in [-0.1, -0.05) is 30.3 Å². The van der Waals surface area contributed by atoms with Crippen molar-refractivity contribution in [2.45, 2.75) is 51.7 Å². The van der Waals surface area contributed by atoms with E-state index in [1.807, 2.05) is 26.8 Å². The molecule has 0 aliphatic carbocycles. The van der Waals surface area contributed by atoms with Crippen LogP contribution in [0.3, 0.4) is 0 Å². The summed E-state index contributed by atoms with van der Waals surface area (Å²) in [5, 5.41) is 6.78. The summed E-state index contributed by atoms with van der Waals surface area (Å²) >= 11 is 0. The lowest BCUT2D eigenvalue weighted by Gasteiger charge is -2.33. The average Bonchev–Trinajstić information content (AvgIpc) is 2.60. The Kier molecular flexibility index (Phi) is 10.9. The third kappa shape index (κ3) is 10.6. The van der Waals surface area contributed by atoms with Crippen LogP contribution in [0.5, 0.6) is 0 Å². The zero-order valence-electron chi connectivity index (χ0n) is 17.9. The molecule has 0 saturated carbocycles. The van der Waals surface area contributed by atoms with Gasteiger partial charge in [0.05, 0.1) is 12.8 Å². The Bertz CT molecular complexity index is 732. The van der Waals surface area contributed by atoms with Crippen molar-refractivity contribution in [1.29, 1.82) is 0 Å². The number of sulfonamides is 1. The van der Waals surface area contributed by atoms with E-state index >= 15 is 0 Å². The van der Waals surface area contributed by atoms with Crippen LogP contribution in [0.15, 0.2) is 35.3 Å². The standard InChI is InChI=1S/C20H35N5O2S.HI/c1-5-21-19(22-16-20(2,3)24-28(4,26)27)23-18-11-13-25(14-12-18)15-17-9-7-6-8-10-17;/h6-10,18,24H,5,11-16H2,1-4H3,(H2,21,22,23);1H. The Labute approximate surface area is 193 Å². The van der Waals surface area contributed by atoms with E-state index in [-0.39, 0.29) is 24.0 Å². The second kappa shape index (κ2) is 12.1. The van der Waals surface area contributed by atoms with E-state index in [1.54, 1.807) is 0 Å². The van der Waals surface area contributed by atoms with Gasteiger partial charge in [0.15, 0.2) is 5.96 Å². The van der Waals surface area contributed by atoms with Crippen LogP contribution < -0.4 is 15.4 Å². The predicted molar refractivity (Wildman–Crippen MR) is 131 cm³/mol. The van der Waals surface area contributed by atoms with Gasteiger partial charge < -0.3 is 10.6 Å². The van der Waals surface area contributed by atoms with Crippen LogP contribution >= 0.6 is 24.0 Å². The molecule has 1 saturated heterocycles. The molecule has 166 valence electrons. The van der Waals surface area contributed by atoms with Crippen LogP contribution in [0, 0.1) is 0 Å². The molecule has 0 aromatic heterocycles. The van der Waals surface area contributed by atoms with Crippen molar-refractivity contribution in [3.8, 4) is 0 Å². The van der Waals surface area contributed by atoms with Gasteiger partial charge in [-0.05, 0) is 39.2 Å². The minimum Gasteiger partial charge on any atom is -0.357 e. The van der Waals surface area contributed by atoms with E-state index in [2.05, 4.69) is 49.5 Å². The maximum absolute atomic E-state index is 11.5. The SMILES string of the molecule is CCNC(=NCC(C)(C)NS(C)(=O)=O)NC1CCN(Cc2ccccc2)CC1.I. The lowest BCUT2D eigenvalue weighted by Crippen LogP contribution is -2.50. The minimum atomic E-state index is -3.27. The molecular weight excluding hydrogens is 501 g/mol. The van der Waals surface area contributed by atoms with Crippen molar-refractivity contribution >= 4 is 40.0 Å². The van der Waals surface area contributed by atoms with Crippen molar-refractivity contribution in [2.75, 3.05) is 32.4 Å². The molecule has 0 bridgehead atoms. The fourth-order valence-electron chi connectivity index (χ4n) is 3.40. The van der Waals surface area contributed by atoms with Gasteiger partial charge >= 0.3 is 0 Å². The summed E-state index contributed by atoms with van der Waals surface area (Å²) in [6.07, 6.45) is 3.29. The highest BCUT2D eigenvalue weighted by atomic mass is 127. The first kappa shape index (κ1) is 26.1. The molecule has 7 nitrogen and oxygen atoms in total. The van der Waals surface area contributed by atoms with Crippen molar-refractivity contribution in [3.63, 3.8) is 0 Å². The van der Waals surface area contributed by atoms with Crippen molar-refractivity contribution in [2.24, 2.45) is 4.99 Å². The normalized spacial score (nSPS) is 16.9. The molecule has 2 rings (SSSR count). The minimum absolute atomic E-state index is 0. The molecule has 1 aromatic carbocycles. The van der Waals surface area contributed by atoms with E-state index in [1.165, 1.54) is 11.8 Å². The summed E-state index contributed by atoms with van der Waals surface area (Å²) in [7, 11) is -3.27. The van der Waals surface area contributed by atoms with E-state index in [4.69, 9.17) is 0 Å². The fourth-order valence-corrected chi connectivity index (χ4v) is 4.47. The maximum atomic E-state index is 11.5. The number of hydrogen-bond donors (Lipinski definition) is 3. The van der Waals surface area contributed by atoms with Gasteiger partial charge in [-0.25, -0.2) is 13.1 Å². The number of piperidine rings is 1. The molecule has 0 radical (unpaired) electrons. The maximum Gasteiger partial charge on any atom is 0.209 e. The van der Waals surface area contributed by atoms with Gasteiger partial charge in [-0.2, -0.15) is 0 Å². The first-order chi connectivity index (χ1) is 13.2. The Morgan fingerprint density at radius 2 is 1.83 bits per heavy atom. The molecule has 1 heterocycles. The van der Waals surface area contributed by atoms with E-state index in [0.29, 0.717) is 12.6 Å². The topological polar surface area (TPSA) is 85.8 Å². The molecule has 1 aliphatic heterocycles. The third-order valence-corrected chi connectivity index (χ3v) is 5.54. The molecule has 0 amide bonds. The summed E-state index contributed by atoms with van der Waals surface area (Å²) < 4.78 is 25.6. The number of hydrogen-bond acceptors (Lipinski definition) is 4. The Morgan fingerprint density at radius 3 is 2.38 bits per heavy atom. The fraction of sp³-hybridized carbons (Fsp3) is 0.650. The highest BCUT2D eigenvalue weighted by Gasteiger charge is 2.23. The molecule has 9 heteroatoms. The first-order valence-electron chi connectivity index (χ1n) is 9.97. The molecule has 3 N–H and O–H groups in total. The second-order valence-electron chi connectivity index (χ2n) is 8.13. The zero-order valence-corrected chi connectivity index (χ0v) is 21.1. The van der Waals surface area contributed by atoms with Crippen LogP contribution in [-0.2, 0) is 16.6 Å². The molecular formula is C20H36IN5O2S. The van der Waals surface area contributed by atoms with Crippen LogP contribution in [0.4, 0.5) is 0 Å². The van der Waals surface area contributed by atoms with Crippen molar-refractivity contribution in [1.82, 2.24) is 20.3 Å². The largest absolute Gasteiger partial charge is 0.357 e. The molecule has 0 unspecified atom stereocenters. The van der Waals surface area contributed by atoms with Crippen LogP contribution in [-0.4, -0.2) is 63.3 Å². The van der Waals surface area contributed by atoms with Gasteiger partial charge in [0.1, 0.15) is 0 Å². The Balaban J connectivity index is 0.00000420. The quantitative estimate of drug-likeness (QED) is 0.269. The summed E-state index contributed by atoms with van der Waals surface area (Å²) in [6, 6.07) is 10.9.